The van der Waals surface area contributed by atoms with E-state index in [-0.39, 0.29) is 23.2 Å². The number of carbonyl (C=O) groups excluding carboxylic acids is 2. The van der Waals surface area contributed by atoms with Gasteiger partial charge in [0.05, 0.1) is 17.9 Å². The fourth-order valence-electron chi connectivity index (χ4n) is 3.82. The molecule has 0 N–H and O–H groups in total. The first-order valence-electron chi connectivity index (χ1n) is 8.01. The maximum absolute atomic E-state index is 12.8. The fourth-order valence-corrected chi connectivity index (χ4v) is 4.97. The zero-order valence-corrected chi connectivity index (χ0v) is 14.6. The predicted octanol–water partition coefficient (Wildman–Crippen LogP) is 1.65. The second kappa shape index (κ2) is 6.20. The first-order valence-corrected chi connectivity index (χ1v) is 9.96. The van der Waals surface area contributed by atoms with Crippen LogP contribution >= 0.6 is 0 Å². The average molecular weight is 351 g/mol. The van der Waals surface area contributed by atoms with Gasteiger partial charge in [-0.15, -0.1) is 0 Å². The maximum Gasteiger partial charge on any atom is 0.337 e. The van der Waals surface area contributed by atoms with Crippen molar-refractivity contribution in [1.82, 2.24) is 4.90 Å². The van der Waals surface area contributed by atoms with Crippen molar-refractivity contribution in [2.75, 3.05) is 13.4 Å². The number of amides is 1. The highest BCUT2D eigenvalue weighted by atomic mass is 32.2. The predicted molar refractivity (Wildman–Crippen MR) is 88.6 cm³/mol. The molecule has 1 amide bonds. The summed E-state index contributed by atoms with van der Waals surface area (Å²) in [5, 5.41) is -0.347. The van der Waals surface area contributed by atoms with E-state index in [1.165, 1.54) is 13.4 Å². The molecule has 2 fully saturated rings. The summed E-state index contributed by atoms with van der Waals surface area (Å²) in [5.41, 5.74) is 0.908. The molecule has 0 radical (unpaired) electrons. The van der Waals surface area contributed by atoms with Gasteiger partial charge in [-0.3, -0.25) is 4.79 Å². The third kappa shape index (κ3) is 3.05. The minimum absolute atomic E-state index is 0.0174. The van der Waals surface area contributed by atoms with Gasteiger partial charge < -0.3 is 9.64 Å². The molecule has 1 aromatic carbocycles. The van der Waals surface area contributed by atoms with Gasteiger partial charge in [0.25, 0.3) is 5.91 Å². The van der Waals surface area contributed by atoms with Gasteiger partial charge in [0.1, 0.15) is 9.84 Å². The number of piperidine rings is 1. The molecular weight excluding hydrogens is 330 g/mol. The lowest BCUT2D eigenvalue weighted by molar-refractivity contribution is 0.0586. The lowest BCUT2D eigenvalue weighted by Gasteiger charge is -2.38. The van der Waals surface area contributed by atoms with Gasteiger partial charge in [-0.25, -0.2) is 13.2 Å². The number of hydrogen-bond donors (Lipinski definition) is 0. The van der Waals surface area contributed by atoms with Crippen LogP contribution in [0.3, 0.4) is 0 Å². The largest absolute Gasteiger partial charge is 0.465 e. The van der Waals surface area contributed by atoms with E-state index in [0.717, 1.165) is 12.8 Å². The number of rotatable bonds is 3. The Hall–Kier alpha value is -1.89. The molecule has 2 bridgehead atoms. The minimum atomic E-state index is -3.07. The number of ether oxygens (including phenoxy) is 1. The number of nitrogens with zero attached hydrogens (tertiary/aromatic N) is 1. The smallest absolute Gasteiger partial charge is 0.337 e. The summed E-state index contributed by atoms with van der Waals surface area (Å²) < 4.78 is 28.3. The molecule has 2 unspecified atom stereocenters. The van der Waals surface area contributed by atoms with Crippen LogP contribution in [0.5, 0.6) is 0 Å². The number of fused-ring (bicyclic) bond motifs is 2. The van der Waals surface area contributed by atoms with Gasteiger partial charge in [-0.2, -0.15) is 0 Å². The molecular formula is C17H21NO5S. The zero-order valence-electron chi connectivity index (χ0n) is 13.8. The van der Waals surface area contributed by atoms with Crippen LogP contribution in [-0.4, -0.2) is 55.9 Å². The molecule has 0 aromatic heterocycles. The summed E-state index contributed by atoms with van der Waals surface area (Å²) in [6.45, 7) is 0. The Balaban J connectivity index is 1.78. The van der Waals surface area contributed by atoms with E-state index in [2.05, 4.69) is 4.74 Å². The lowest BCUT2D eigenvalue weighted by Crippen LogP contribution is -2.49. The standard InChI is InChI=1S/C17H21NO5S/c1-23-17(20)12-5-3-11(4-6-12)16(19)18-13-7-8-14(18)10-15(9-13)24(2,21)22/h3-6,13-15H,7-10H2,1-2H3. The number of carbonyl (C=O) groups is 2. The Labute approximate surface area is 141 Å². The summed E-state index contributed by atoms with van der Waals surface area (Å²) in [6, 6.07) is 6.36. The van der Waals surface area contributed by atoms with Crippen molar-refractivity contribution < 1.29 is 22.7 Å². The molecule has 0 spiro atoms. The molecule has 2 aliphatic heterocycles. The van der Waals surface area contributed by atoms with Crippen molar-refractivity contribution in [2.24, 2.45) is 0 Å². The summed E-state index contributed by atoms with van der Waals surface area (Å²) in [4.78, 5) is 26.1. The summed E-state index contributed by atoms with van der Waals surface area (Å²) in [6.07, 6.45) is 4.01. The molecule has 7 heteroatoms. The molecule has 3 rings (SSSR count). The topological polar surface area (TPSA) is 80.8 Å². The van der Waals surface area contributed by atoms with E-state index in [4.69, 9.17) is 0 Å². The van der Waals surface area contributed by atoms with Crippen LogP contribution in [0.25, 0.3) is 0 Å². The highest BCUT2D eigenvalue weighted by Crippen LogP contribution is 2.38. The van der Waals surface area contributed by atoms with Crippen molar-refractivity contribution >= 4 is 21.7 Å². The van der Waals surface area contributed by atoms with Crippen molar-refractivity contribution in [3.63, 3.8) is 0 Å². The fraction of sp³-hybridized carbons (Fsp3) is 0.529. The second-order valence-corrected chi connectivity index (χ2v) is 8.92. The monoisotopic (exact) mass is 351 g/mol. The van der Waals surface area contributed by atoms with E-state index in [1.54, 1.807) is 24.3 Å². The summed E-state index contributed by atoms with van der Waals surface area (Å²) in [5.74, 6) is -0.533. The van der Waals surface area contributed by atoms with Gasteiger partial charge >= 0.3 is 5.97 Å². The van der Waals surface area contributed by atoms with E-state index in [1.807, 2.05) is 4.90 Å². The number of hydrogen-bond acceptors (Lipinski definition) is 5. The van der Waals surface area contributed by atoms with E-state index >= 15 is 0 Å². The lowest BCUT2D eigenvalue weighted by atomic mass is 10.0. The van der Waals surface area contributed by atoms with E-state index in [0.29, 0.717) is 24.0 Å². The van der Waals surface area contributed by atoms with Crippen molar-refractivity contribution in [1.29, 1.82) is 0 Å². The molecule has 2 heterocycles. The molecule has 0 aliphatic carbocycles. The van der Waals surface area contributed by atoms with Gasteiger partial charge in [0.2, 0.25) is 0 Å². The van der Waals surface area contributed by atoms with Crippen molar-refractivity contribution in [2.45, 2.75) is 43.0 Å². The average Bonchev–Trinajstić information content (AvgIpc) is 2.81. The molecule has 2 atom stereocenters. The van der Waals surface area contributed by atoms with E-state index < -0.39 is 15.8 Å². The number of benzene rings is 1. The van der Waals surface area contributed by atoms with Crippen LogP contribution < -0.4 is 0 Å². The van der Waals surface area contributed by atoms with Crippen LogP contribution in [0.4, 0.5) is 0 Å². The third-order valence-corrected chi connectivity index (χ3v) is 6.68. The quantitative estimate of drug-likeness (QED) is 0.774. The van der Waals surface area contributed by atoms with Crippen LogP contribution in [0, 0.1) is 0 Å². The molecule has 0 saturated carbocycles. The van der Waals surface area contributed by atoms with Gasteiger partial charge in [-0.1, -0.05) is 0 Å². The first kappa shape index (κ1) is 17.0. The highest BCUT2D eigenvalue weighted by molar-refractivity contribution is 7.91. The number of sulfone groups is 1. The van der Waals surface area contributed by atoms with Gasteiger partial charge in [0.15, 0.2) is 0 Å². The van der Waals surface area contributed by atoms with Crippen LogP contribution in [-0.2, 0) is 14.6 Å². The molecule has 6 nitrogen and oxygen atoms in total. The summed E-state index contributed by atoms with van der Waals surface area (Å²) >= 11 is 0. The van der Waals surface area contributed by atoms with E-state index in [9.17, 15) is 18.0 Å². The van der Waals surface area contributed by atoms with Gasteiger partial charge in [0, 0.05) is 23.9 Å². The Bertz CT molecular complexity index is 742. The Kier molecular flexibility index (Phi) is 4.38. The van der Waals surface area contributed by atoms with Crippen molar-refractivity contribution in [3.05, 3.63) is 35.4 Å². The molecule has 2 saturated heterocycles. The second-order valence-electron chi connectivity index (χ2n) is 6.59. The summed E-state index contributed by atoms with van der Waals surface area (Å²) in [7, 11) is -1.76. The highest BCUT2D eigenvalue weighted by Gasteiger charge is 2.45. The zero-order chi connectivity index (χ0) is 17.5. The Morgan fingerprint density at radius 1 is 1.04 bits per heavy atom. The minimum Gasteiger partial charge on any atom is -0.465 e. The number of methoxy groups -OCH3 is 1. The maximum atomic E-state index is 12.8. The first-order chi connectivity index (χ1) is 11.3. The molecule has 24 heavy (non-hydrogen) atoms. The Morgan fingerprint density at radius 2 is 1.54 bits per heavy atom. The van der Waals surface area contributed by atoms with Crippen LogP contribution in [0.1, 0.15) is 46.4 Å². The van der Waals surface area contributed by atoms with Crippen LogP contribution in [0.15, 0.2) is 24.3 Å². The van der Waals surface area contributed by atoms with Crippen molar-refractivity contribution in [3.8, 4) is 0 Å². The number of esters is 1. The SMILES string of the molecule is COC(=O)c1ccc(C(=O)N2C3CCC2CC(S(C)(=O)=O)C3)cc1. The molecule has 130 valence electrons. The third-order valence-electron chi connectivity index (χ3n) is 5.08. The molecule has 1 aromatic rings. The Morgan fingerprint density at radius 3 is 2.00 bits per heavy atom. The van der Waals surface area contributed by atoms with Gasteiger partial charge in [-0.05, 0) is 49.9 Å². The molecule has 2 aliphatic rings. The normalized spacial score (nSPS) is 26.2. The van der Waals surface area contributed by atoms with Crippen LogP contribution in [0.2, 0.25) is 0 Å².